The molecule has 1 rings (SSSR count). The van der Waals surface area contributed by atoms with Gasteiger partial charge in [0, 0.05) is 0 Å². The lowest BCUT2D eigenvalue weighted by Gasteiger charge is -2.28. The van der Waals surface area contributed by atoms with Crippen LogP contribution in [0, 0.1) is 5.41 Å². The van der Waals surface area contributed by atoms with Gasteiger partial charge in [-0.25, -0.2) is 0 Å². The van der Waals surface area contributed by atoms with E-state index in [0.717, 1.165) is 0 Å². The van der Waals surface area contributed by atoms with E-state index >= 15 is 0 Å². The first kappa shape index (κ1) is 10.0. The highest BCUT2D eigenvalue weighted by molar-refractivity contribution is 4.86. The maximum absolute atomic E-state index is 5.80. The Morgan fingerprint density at radius 3 is 1.75 bits per heavy atom. The molecule has 0 spiro atoms. The molecule has 1 aliphatic heterocycles. The average Bonchev–Trinajstić information content (AvgIpc) is 2.03. The first-order valence-corrected chi connectivity index (χ1v) is 4.58. The maximum atomic E-state index is 5.80. The molecule has 1 unspecified atom stereocenters. The van der Waals surface area contributed by atoms with E-state index in [1.54, 1.807) is 0 Å². The molecule has 1 fully saturated rings. The van der Waals surface area contributed by atoms with Crippen LogP contribution in [0.15, 0.2) is 0 Å². The molecule has 0 aromatic rings. The molecule has 72 valence electrons. The second-order valence-electron chi connectivity index (χ2n) is 5.13. The summed E-state index contributed by atoms with van der Waals surface area (Å²) in [6, 6.07) is 0. The minimum Gasteiger partial charge on any atom is -0.345 e. The maximum Gasteiger partial charge on any atom is 0.163 e. The minimum atomic E-state index is -0.405. The molecule has 12 heavy (non-hydrogen) atoms. The fourth-order valence-corrected chi connectivity index (χ4v) is 1.82. The van der Waals surface area contributed by atoms with Gasteiger partial charge >= 0.3 is 0 Å². The Morgan fingerprint density at radius 2 is 1.58 bits per heavy atom. The molecule has 0 radical (unpaired) electrons. The smallest absolute Gasteiger partial charge is 0.163 e. The predicted octanol–water partition coefficient (Wildman–Crippen LogP) is 2.57. The van der Waals surface area contributed by atoms with Crippen LogP contribution < -0.4 is 0 Å². The topological polar surface area (TPSA) is 18.5 Å². The Labute approximate surface area is 75.2 Å². The second kappa shape index (κ2) is 2.71. The lowest BCUT2D eigenvalue weighted by molar-refractivity contribution is -0.153. The van der Waals surface area contributed by atoms with Crippen LogP contribution in [-0.2, 0) is 9.47 Å². The molecule has 0 saturated carbocycles. The highest BCUT2D eigenvalue weighted by atomic mass is 16.7. The van der Waals surface area contributed by atoms with Crippen LogP contribution in [0.2, 0.25) is 0 Å². The van der Waals surface area contributed by atoms with Gasteiger partial charge < -0.3 is 9.47 Å². The molecule has 0 N–H and O–H groups in total. The fourth-order valence-electron chi connectivity index (χ4n) is 1.82. The Morgan fingerprint density at radius 1 is 1.08 bits per heavy atom. The zero-order chi connectivity index (χ0) is 9.57. The van der Waals surface area contributed by atoms with Crippen molar-refractivity contribution >= 4 is 0 Å². The van der Waals surface area contributed by atoms with Crippen LogP contribution in [0.5, 0.6) is 0 Å². The number of hydrogen-bond acceptors (Lipinski definition) is 2. The van der Waals surface area contributed by atoms with Crippen molar-refractivity contribution in [2.24, 2.45) is 5.41 Å². The summed E-state index contributed by atoms with van der Waals surface area (Å²) >= 11 is 0. The molecule has 0 bridgehead atoms. The van der Waals surface area contributed by atoms with E-state index in [1.165, 1.54) is 0 Å². The molecule has 0 aromatic carbocycles. The van der Waals surface area contributed by atoms with Gasteiger partial charge in [-0.1, -0.05) is 20.8 Å². The van der Waals surface area contributed by atoms with Crippen molar-refractivity contribution in [1.29, 1.82) is 0 Å². The Hall–Kier alpha value is -0.0800. The van der Waals surface area contributed by atoms with Crippen molar-refractivity contribution < 1.29 is 9.47 Å². The molecule has 1 saturated heterocycles. The lowest BCUT2D eigenvalue weighted by Crippen LogP contribution is -2.34. The van der Waals surface area contributed by atoms with Crippen LogP contribution in [0.4, 0.5) is 0 Å². The third kappa shape index (κ3) is 1.99. The summed E-state index contributed by atoms with van der Waals surface area (Å²) in [5, 5.41) is 0. The van der Waals surface area contributed by atoms with E-state index in [2.05, 4.69) is 27.7 Å². The van der Waals surface area contributed by atoms with Crippen LogP contribution >= 0.6 is 0 Å². The first-order chi connectivity index (χ1) is 5.22. The van der Waals surface area contributed by atoms with Gasteiger partial charge in [-0.2, -0.15) is 0 Å². The molecule has 0 aliphatic carbocycles. The second-order valence-corrected chi connectivity index (χ2v) is 5.13. The van der Waals surface area contributed by atoms with Crippen LogP contribution in [0.25, 0.3) is 0 Å². The summed E-state index contributed by atoms with van der Waals surface area (Å²) in [5.74, 6) is -0.405. The number of hydrogen-bond donors (Lipinski definition) is 0. The Balaban J connectivity index is 2.71. The van der Waals surface area contributed by atoms with Gasteiger partial charge in [0.15, 0.2) is 5.79 Å². The zero-order valence-corrected chi connectivity index (χ0v) is 8.97. The van der Waals surface area contributed by atoms with E-state index in [0.29, 0.717) is 0 Å². The van der Waals surface area contributed by atoms with Gasteiger partial charge in [-0.3, -0.25) is 0 Å². The SMILES string of the molecule is CC1OC(C)(C)O[C@@H]1C(C)(C)C. The van der Waals surface area contributed by atoms with Crippen molar-refractivity contribution in [1.82, 2.24) is 0 Å². The quantitative estimate of drug-likeness (QED) is 0.559. The van der Waals surface area contributed by atoms with Crippen molar-refractivity contribution in [3.63, 3.8) is 0 Å². The summed E-state index contributed by atoms with van der Waals surface area (Å²) in [6.07, 6.45) is 0.396. The molecular weight excluding hydrogens is 152 g/mol. The third-order valence-corrected chi connectivity index (χ3v) is 2.16. The molecule has 0 amide bonds. The van der Waals surface area contributed by atoms with E-state index in [4.69, 9.17) is 9.47 Å². The van der Waals surface area contributed by atoms with Crippen LogP contribution in [-0.4, -0.2) is 18.0 Å². The average molecular weight is 172 g/mol. The number of rotatable bonds is 0. The van der Waals surface area contributed by atoms with Gasteiger partial charge in [0.25, 0.3) is 0 Å². The molecular formula is C10H20O2. The van der Waals surface area contributed by atoms with E-state index < -0.39 is 5.79 Å². The summed E-state index contributed by atoms with van der Waals surface area (Å²) in [4.78, 5) is 0. The van der Waals surface area contributed by atoms with Crippen molar-refractivity contribution in [2.75, 3.05) is 0 Å². The standard InChI is InChI=1S/C10H20O2/c1-7-8(9(2,3)4)12-10(5,6)11-7/h7-8H,1-6H3/t7?,8-/m0/s1. The largest absolute Gasteiger partial charge is 0.345 e. The van der Waals surface area contributed by atoms with Gasteiger partial charge in [0.1, 0.15) is 0 Å². The van der Waals surface area contributed by atoms with Crippen molar-refractivity contribution in [3.8, 4) is 0 Å². The summed E-state index contributed by atoms with van der Waals surface area (Å²) in [5.41, 5.74) is 0.160. The van der Waals surface area contributed by atoms with Gasteiger partial charge in [0.05, 0.1) is 12.2 Å². The highest BCUT2D eigenvalue weighted by Crippen LogP contribution is 2.37. The minimum absolute atomic E-state index is 0.160. The highest BCUT2D eigenvalue weighted by Gasteiger charge is 2.44. The third-order valence-electron chi connectivity index (χ3n) is 2.16. The summed E-state index contributed by atoms with van der Waals surface area (Å²) in [6.45, 7) is 12.5. The predicted molar refractivity (Wildman–Crippen MR) is 49.0 cm³/mol. The molecule has 1 aliphatic rings. The van der Waals surface area contributed by atoms with E-state index in [-0.39, 0.29) is 17.6 Å². The van der Waals surface area contributed by atoms with E-state index in [9.17, 15) is 0 Å². The monoisotopic (exact) mass is 172 g/mol. The fraction of sp³-hybridized carbons (Fsp3) is 1.00. The lowest BCUT2D eigenvalue weighted by atomic mass is 9.86. The molecule has 2 atom stereocenters. The molecule has 1 heterocycles. The summed E-state index contributed by atoms with van der Waals surface area (Å²) in [7, 11) is 0. The van der Waals surface area contributed by atoms with Crippen molar-refractivity contribution in [2.45, 2.75) is 59.5 Å². The van der Waals surface area contributed by atoms with E-state index in [1.807, 2.05) is 13.8 Å². The molecule has 2 nitrogen and oxygen atoms in total. The molecule has 0 aromatic heterocycles. The first-order valence-electron chi connectivity index (χ1n) is 4.58. The Kier molecular flexibility index (Phi) is 2.26. The summed E-state index contributed by atoms with van der Waals surface area (Å²) < 4.78 is 11.5. The Bertz CT molecular complexity index is 167. The van der Waals surface area contributed by atoms with Gasteiger partial charge in [0.2, 0.25) is 0 Å². The number of ether oxygens (including phenoxy) is 2. The van der Waals surface area contributed by atoms with Crippen LogP contribution in [0.3, 0.4) is 0 Å². The van der Waals surface area contributed by atoms with Gasteiger partial charge in [-0.15, -0.1) is 0 Å². The zero-order valence-electron chi connectivity index (χ0n) is 8.97. The normalized spacial score (nSPS) is 35.5. The van der Waals surface area contributed by atoms with Crippen molar-refractivity contribution in [3.05, 3.63) is 0 Å². The van der Waals surface area contributed by atoms with Gasteiger partial charge in [-0.05, 0) is 26.2 Å². The molecule has 2 heteroatoms. The van der Waals surface area contributed by atoms with Crippen LogP contribution in [0.1, 0.15) is 41.5 Å².